The SMILES string of the molecule is C[C@]1(Cc2ccccc2)NC(=O)[C@H](CCCCOC(=O)c2ccccc2)NC(=O)[C@H]2CCCN2C(=O)C(Cc2ccccc2)NC1=O. The summed E-state index contributed by atoms with van der Waals surface area (Å²) in [6.45, 7) is 2.17. The van der Waals surface area contributed by atoms with Gasteiger partial charge in [-0.2, -0.15) is 0 Å². The second-order valence-corrected chi connectivity index (χ2v) is 12.4. The average Bonchev–Trinajstić information content (AvgIpc) is 3.58. The van der Waals surface area contributed by atoms with E-state index < -0.39 is 47.4 Å². The summed E-state index contributed by atoms with van der Waals surface area (Å²) >= 11 is 0. The molecule has 0 aliphatic carbocycles. The number of hydrogen-bond acceptors (Lipinski definition) is 6. The highest BCUT2D eigenvalue weighted by atomic mass is 16.5. The molecule has 10 nitrogen and oxygen atoms in total. The van der Waals surface area contributed by atoms with E-state index in [-0.39, 0.29) is 31.8 Å². The molecule has 2 aliphatic rings. The molecule has 2 fully saturated rings. The molecule has 47 heavy (non-hydrogen) atoms. The standard InChI is InChI=1S/C37H42N4O6/c1-37(25-27-16-7-3-8-17-27)36(46)39-30(24-26-14-5-2-6-15-26)34(44)41-22-13-21-31(41)33(43)38-29(32(42)40-37)20-11-12-23-47-35(45)28-18-9-4-10-19-28/h2-10,14-19,29-31H,11-13,20-25H2,1H3,(H,38,43)(H,39,46)(H,40,42)/t29-,30?,31+,37+/m0/s1. The van der Waals surface area contributed by atoms with Gasteiger partial charge in [0.05, 0.1) is 12.2 Å². The maximum atomic E-state index is 14.2. The van der Waals surface area contributed by atoms with Crippen molar-refractivity contribution in [2.24, 2.45) is 0 Å². The Morgan fingerprint density at radius 1 is 0.809 bits per heavy atom. The van der Waals surface area contributed by atoms with Gasteiger partial charge in [0.2, 0.25) is 23.6 Å². The van der Waals surface area contributed by atoms with Crippen molar-refractivity contribution >= 4 is 29.6 Å². The molecule has 2 saturated heterocycles. The Hall–Kier alpha value is -4.99. The summed E-state index contributed by atoms with van der Waals surface area (Å²) in [5.74, 6) is -2.14. The van der Waals surface area contributed by atoms with Crippen LogP contribution in [0, 0.1) is 0 Å². The highest BCUT2D eigenvalue weighted by Gasteiger charge is 2.43. The molecule has 1 unspecified atom stereocenters. The topological polar surface area (TPSA) is 134 Å². The van der Waals surface area contributed by atoms with Gasteiger partial charge in [0, 0.05) is 19.4 Å². The zero-order chi connectivity index (χ0) is 33.2. The summed E-state index contributed by atoms with van der Waals surface area (Å²) in [6.07, 6.45) is 2.68. The number of rotatable bonds is 10. The predicted octanol–water partition coefficient (Wildman–Crippen LogP) is 3.35. The van der Waals surface area contributed by atoms with E-state index in [2.05, 4.69) is 16.0 Å². The van der Waals surface area contributed by atoms with Crippen molar-refractivity contribution in [1.82, 2.24) is 20.9 Å². The summed E-state index contributed by atoms with van der Waals surface area (Å²) in [4.78, 5) is 69.7. The van der Waals surface area contributed by atoms with Crippen LogP contribution in [0.15, 0.2) is 91.0 Å². The Bertz CT molecular complexity index is 1550. The van der Waals surface area contributed by atoms with E-state index in [1.54, 1.807) is 31.2 Å². The lowest BCUT2D eigenvalue weighted by Gasteiger charge is -2.36. The molecule has 3 N–H and O–H groups in total. The molecule has 2 aliphatic heterocycles. The number of nitrogens with one attached hydrogen (secondary N) is 3. The average molecular weight is 639 g/mol. The van der Waals surface area contributed by atoms with Crippen LogP contribution in [0.25, 0.3) is 0 Å². The minimum atomic E-state index is -1.44. The van der Waals surface area contributed by atoms with Crippen LogP contribution >= 0.6 is 0 Å². The summed E-state index contributed by atoms with van der Waals surface area (Å²) in [5.41, 5.74) is 0.701. The molecule has 4 amide bonds. The number of benzene rings is 3. The molecule has 0 aromatic heterocycles. The lowest BCUT2D eigenvalue weighted by Crippen LogP contribution is -2.66. The van der Waals surface area contributed by atoms with Crippen LogP contribution in [0.1, 0.15) is 60.5 Å². The van der Waals surface area contributed by atoms with Crippen molar-refractivity contribution in [2.45, 2.75) is 75.5 Å². The van der Waals surface area contributed by atoms with Crippen molar-refractivity contribution in [2.75, 3.05) is 13.2 Å². The third-order valence-electron chi connectivity index (χ3n) is 8.79. The lowest BCUT2D eigenvalue weighted by molar-refractivity contribution is -0.144. The Morgan fingerprint density at radius 2 is 1.45 bits per heavy atom. The fourth-order valence-corrected chi connectivity index (χ4v) is 6.22. The van der Waals surface area contributed by atoms with E-state index in [0.717, 1.165) is 11.1 Å². The van der Waals surface area contributed by atoms with Gasteiger partial charge in [0.15, 0.2) is 0 Å². The first-order valence-corrected chi connectivity index (χ1v) is 16.3. The molecule has 3 aromatic carbocycles. The highest BCUT2D eigenvalue weighted by molar-refractivity contribution is 5.99. The highest BCUT2D eigenvalue weighted by Crippen LogP contribution is 2.23. The van der Waals surface area contributed by atoms with E-state index in [0.29, 0.717) is 37.8 Å². The van der Waals surface area contributed by atoms with Crippen molar-refractivity contribution in [3.63, 3.8) is 0 Å². The quantitative estimate of drug-likeness (QED) is 0.231. The maximum absolute atomic E-state index is 14.2. The van der Waals surface area contributed by atoms with E-state index in [1.165, 1.54) is 4.90 Å². The van der Waals surface area contributed by atoms with Crippen molar-refractivity contribution in [3.8, 4) is 0 Å². The Balaban J connectivity index is 1.36. The van der Waals surface area contributed by atoms with Gasteiger partial charge in [-0.3, -0.25) is 19.2 Å². The van der Waals surface area contributed by atoms with Gasteiger partial charge in [0.25, 0.3) is 0 Å². The van der Waals surface area contributed by atoms with Gasteiger partial charge in [-0.1, -0.05) is 78.9 Å². The van der Waals surface area contributed by atoms with E-state index in [9.17, 15) is 24.0 Å². The summed E-state index contributed by atoms with van der Waals surface area (Å²) < 4.78 is 5.39. The van der Waals surface area contributed by atoms with Crippen LogP contribution in [0.4, 0.5) is 0 Å². The first-order valence-electron chi connectivity index (χ1n) is 16.3. The van der Waals surface area contributed by atoms with E-state index >= 15 is 0 Å². The Morgan fingerprint density at radius 3 is 2.13 bits per heavy atom. The number of fused-ring (bicyclic) bond motifs is 1. The zero-order valence-corrected chi connectivity index (χ0v) is 26.7. The van der Waals surface area contributed by atoms with Gasteiger partial charge in [-0.15, -0.1) is 0 Å². The molecular formula is C37H42N4O6. The van der Waals surface area contributed by atoms with Gasteiger partial charge in [0.1, 0.15) is 23.7 Å². The fourth-order valence-electron chi connectivity index (χ4n) is 6.22. The van der Waals surface area contributed by atoms with E-state index in [1.807, 2.05) is 66.7 Å². The Labute approximate surface area is 275 Å². The van der Waals surface area contributed by atoms with Gasteiger partial charge < -0.3 is 25.6 Å². The van der Waals surface area contributed by atoms with E-state index in [4.69, 9.17) is 4.74 Å². The first-order chi connectivity index (χ1) is 22.7. The number of carbonyl (C=O) groups is 5. The van der Waals surface area contributed by atoms with Crippen LogP contribution in [0.3, 0.4) is 0 Å². The molecule has 0 saturated carbocycles. The number of ether oxygens (including phenoxy) is 1. The number of esters is 1. The molecular weight excluding hydrogens is 596 g/mol. The first kappa shape index (κ1) is 33.4. The van der Waals surface area contributed by atoms with Gasteiger partial charge >= 0.3 is 5.97 Å². The number of carbonyl (C=O) groups excluding carboxylic acids is 5. The molecule has 3 aromatic rings. The minimum Gasteiger partial charge on any atom is -0.462 e. The van der Waals surface area contributed by atoms with Crippen LogP contribution in [0.5, 0.6) is 0 Å². The summed E-state index contributed by atoms with van der Waals surface area (Å²) in [6, 6.07) is 24.8. The molecule has 0 radical (unpaired) electrons. The number of unbranched alkanes of at least 4 members (excludes halogenated alkanes) is 1. The van der Waals surface area contributed by atoms with Gasteiger partial charge in [-0.25, -0.2) is 4.79 Å². The number of hydrogen-bond donors (Lipinski definition) is 3. The largest absolute Gasteiger partial charge is 0.462 e. The second kappa shape index (κ2) is 15.5. The number of amides is 4. The zero-order valence-electron chi connectivity index (χ0n) is 26.7. The molecule has 4 atom stereocenters. The molecule has 246 valence electrons. The lowest BCUT2D eigenvalue weighted by atomic mass is 9.90. The molecule has 10 heteroatoms. The Kier molecular flexibility index (Phi) is 11.0. The third-order valence-corrected chi connectivity index (χ3v) is 8.79. The second-order valence-electron chi connectivity index (χ2n) is 12.4. The normalized spacial score (nSPS) is 23.4. The predicted molar refractivity (Wildman–Crippen MR) is 176 cm³/mol. The number of nitrogens with zero attached hydrogens (tertiary/aromatic N) is 1. The van der Waals surface area contributed by atoms with Crippen molar-refractivity contribution in [3.05, 3.63) is 108 Å². The van der Waals surface area contributed by atoms with Crippen molar-refractivity contribution in [1.29, 1.82) is 0 Å². The third kappa shape index (κ3) is 8.64. The minimum absolute atomic E-state index is 0.151. The maximum Gasteiger partial charge on any atom is 0.338 e. The van der Waals surface area contributed by atoms with Crippen molar-refractivity contribution < 1.29 is 28.7 Å². The van der Waals surface area contributed by atoms with Crippen LogP contribution in [-0.2, 0) is 36.8 Å². The smallest absolute Gasteiger partial charge is 0.338 e. The summed E-state index contributed by atoms with van der Waals surface area (Å²) in [7, 11) is 0. The van der Waals surface area contributed by atoms with Gasteiger partial charge in [-0.05, 0) is 62.3 Å². The summed E-state index contributed by atoms with van der Waals surface area (Å²) in [5, 5.41) is 8.81. The molecule has 5 rings (SSSR count). The molecule has 0 spiro atoms. The molecule has 0 bridgehead atoms. The fraction of sp³-hybridized carbons (Fsp3) is 0.378. The van der Waals surface area contributed by atoms with Crippen LogP contribution in [0.2, 0.25) is 0 Å². The van der Waals surface area contributed by atoms with Crippen LogP contribution in [-0.4, -0.2) is 71.3 Å². The molecule has 2 heterocycles. The van der Waals surface area contributed by atoms with Crippen LogP contribution < -0.4 is 16.0 Å². The monoisotopic (exact) mass is 638 g/mol.